The van der Waals surface area contributed by atoms with Crippen molar-refractivity contribution in [2.75, 3.05) is 14.2 Å². The standard InChI is InChI=1S/C12H14N2O2.C2H6/c1-7-9-5-11(15-3)12(16-4)6-10(9)14-8(2)13-7;1-2/h5-6H,1-4H3;1-2H3. The number of methoxy groups -OCH3 is 2. The number of benzene rings is 1. The molecule has 0 aliphatic rings. The topological polar surface area (TPSA) is 44.2 Å². The fourth-order valence-electron chi connectivity index (χ4n) is 1.75. The summed E-state index contributed by atoms with van der Waals surface area (Å²) in [6.07, 6.45) is 0. The Balaban J connectivity index is 0.000000771. The maximum atomic E-state index is 5.25. The van der Waals surface area contributed by atoms with E-state index in [1.807, 2.05) is 39.8 Å². The highest BCUT2D eigenvalue weighted by molar-refractivity contribution is 5.84. The summed E-state index contributed by atoms with van der Waals surface area (Å²) < 4.78 is 10.5. The molecule has 0 radical (unpaired) electrons. The van der Waals surface area contributed by atoms with Crippen molar-refractivity contribution in [3.05, 3.63) is 23.7 Å². The first-order valence-electron chi connectivity index (χ1n) is 6.02. The molecule has 0 N–H and O–H groups in total. The molecule has 0 atom stereocenters. The van der Waals surface area contributed by atoms with Crippen LogP contribution in [0.5, 0.6) is 11.5 Å². The highest BCUT2D eigenvalue weighted by Crippen LogP contribution is 2.32. The number of aromatic nitrogens is 2. The zero-order valence-electron chi connectivity index (χ0n) is 11.9. The van der Waals surface area contributed by atoms with Gasteiger partial charge < -0.3 is 9.47 Å². The van der Waals surface area contributed by atoms with E-state index in [9.17, 15) is 0 Å². The quantitative estimate of drug-likeness (QED) is 0.818. The van der Waals surface area contributed by atoms with E-state index in [4.69, 9.17) is 9.47 Å². The molecular weight excluding hydrogens is 228 g/mol. The maximum Gasteiger partial charge on any atom is 0.162 e. The Bertz CT molecular complexity index is 539. The van der Waals surface area contributed by atoms with Crippen LogP contribution < -0.4 is 9.47 Å². The van der Waals surface area contributed by atoms with Crippen molar-refractivity contribution in [1.82, 2.24) is 9.97 Å². The van der Waals surface area contributed by atoms with Crippen LogP contribution in [0.4, 0.5) is 0 Å². The van der Waals surface area contributed by atoms with Gasteiger partial charge in [0.25, 0.3) is 0 Å². The third-order valence-electron chi connectivity index (χ3n) is 2.50. The first-order chi connectivity index (χ1) is 8.65. The minimum Gasteiger partial charge on any atom is -0.493 e. The summed E-state index contributed by atoms with van der Waals surface area (Å²) in [6, 6.07) is 3.78. The minimum absolute atomic E-state index is 0.687. The summed E-state index contributed by atoms with van der Waals surface area (Å²) in [6.45, 7) is 7.84. The average molecular weight is 248 g/mol. The molecule has 4 heteroatoms. The van der Waals surface area contributed by atoms with Gasteiger partial charge in [-0.3, -0.25) is 0 Å². The fourth-order valence-corrected chi connectivity index (χ4v) is 1.75. The molecule has 2 aromatic rings. The van der Waals surface area contributed by atoms with Crippen LogP contribution in [0.25, 0.3) is 10.9 Å². The Hall–Kier alpha value is -1.84. The van der Waals surface area contributed by atoms with E-state index in [1.165, 1.54) is 0 Å². The van der Waals surface area contributed by atoms with E-state index >= 15 is 0 Å². The Kier molecular flexibility index (Phi) is 4.89. The van der Waals surface area contributed by atoms with Gasteiger partial charge in [0, 0.05) is 17.1 Å². The molecule has 0 bridgehead atoms. The number of hydrogen-bond donors (Lipinski definition) is 0. The van der Waals surface area contributed by atoms with E-state index in [0.717, 1.165) is 22.4 Å². The van der Waals surface area contributed by atoms with Gasteiger partial charge in [0.2, 0.25) is 0 Å². The van der Waals surface area contributed by atoms with Crippen LogP contribution in [0.1, 0.15) is 25.4 Å². The number of hydrogen-bond acceptors (Lipinski definition) is 4. The van der Waals surface area contributed by atoms with Crippen molar-refractivity contribution >= 4 is 10.9 Å². The summed E-state index contributed by atoms with van der Waals surface area (Å²) in [7, 11) is 3.23. The summed E-state index contributed by atoms with van der Waals surface area (Å²) in [4.78, 5) is 8.70. The van der Waals surface area contributed by atoms with Crippen LogP contribution in [-0.4, -0.2) is 24.2 Å². The summed E-state index contributed by atoms with van der Waals surface area (Å²) >= 11 is 0. The van der Waals surface area contributed by atoms with Gasteiger partial charge in [-0.2, -0.15) is 0 Å². The van der Waals surface area contributed by atoms with Gasteiger partial charge in [-0.05, 0) is 19.9 Å². The van der Waals surface area contributed by atoms with Crippen molar-refractivity contribution in [3.8, 4) is 11.5 Å². The molecule has 18 heavy (non-hydrogen) atoms. The normalized spacial score (nSPS) is 9.67. The largest absolute Gasteiger partial charge is 0.493 e. The summed E-state index contributed by atoms with van der Waals surface area (Å²) in [5, 5.41) is 0.989. The minimum atomic E-state index is 0.687. The molecule has 2 rings (SSSR count). The molecular formula is C14H20N2O2. The predicted octanol–water partition coefficient (Wildman–Crippen LogP) is 3.29. The van der Waals surface area contributed by atoms with Crippen molar-refractivity contribution < 1.29 is 9.47 Å². The molecule has 0 aliphatic carbocycles. The van der Waals surface area contributed by atoms with Crippen LogP contribution in [0.2, 0.25) is 0 Å². The number of nitrogens with zero attached hydrogens (tertiary/aromatic N) is 2. The predicted molar refractivity (Wildman–Crippen MR) is 73.5 cm³/mol. The highest BCUT2D eigenvalue weighted by Gasteiger charge is 2.09. The van der Waals surface area contributed by atoms with Crippen LogP contribution >= 0.6 is 0 Å². The molecule has 0 spiro atoms. The van der Waals surface area contributed by atoms with Gasteiger partial charge in [0.15, 0.2) is 11.5 Å². The van der Waals surface area contributed by atoms with E-state index in [0.29, 0.717) is 11.5 Å². The Morgan fingerprint density at radius 2 is 1.44 bits per heavy atom. The molecule has 4 nitrogen and oxygen atoms in total. The van der Waals surface area contributed by atoms with E-state index in [1.54, 1.807) is 14.2 Å². The molecule has 0 unspecified atom stereocenters. The molecule has 1 aromatic carbocycles. The highest BCUT2D eigenvalue weighted by atomic mass is 16.5. The van der Waals surface area contributed by atoms with Gasteiger partial charge in [0.05, 0.1) is 19.7 Å². The number of aryl methyl sites for hydroxylation is 2. The first-order valence-corrected chi connectivity index (χ1v) is 6.02. The Morgan fingerprint density at radius 1 is 0.889 bits per heavy atom. The molecule has 0 saturated heterocycles. The molecule has 0 fully saturated rings. The smallest absolute Gasteiger partial charge is 0.162 e. The van der Waals surface area contributed by atoms with Crippen LogP contribution in [0.15, 0.2) is 12.1 Å². The lowest BCUT2D eigenvalue weighted by molar-refractivity contribution is 0.355. The Morgan fingerprint density at radius 3 is 2.00 bits per heavy atom. The lowest BCUT2D eigenvalue weighted by Gasteiger charge is -2.10. The van der Waals surface area contributed by atoms with Crippen molar-refractivity contribution in [2.45, 2.75) is 27.7 Å². The van der Waals surface area contributed by atoms with Crippen molar-refractivity contribution in [2.24, 2.45) is 0 Å². The third kappa shape index (κ3) is 2.70. The van der Waals surface area contributed by atoms with Crippen molar-refractivity contribution in [3.63, 3.8) is 0 Å². The first kappa shape index (κ1) is 14.2. The number of ether oxygens (including phenoxy) is 2. The molecule has 0 aliphatic heterocycles. The lowest BCUT2D eigenvalue weighted by atomic mass is 10.1. The second-order valence-corrected chi connectivity index (χ2v) is 3.58. The maximum absolute atomic E-state index is 5.25. The van der Waals surface area contributed by atoms with E-state index in [2.05, 4.69) is 9.97 Å². The van der Waals surface area contributed by atoms with E-state index in [-0.39, 0.29) is 0 Å². The average Bonchev–Trinajstić information content (AvgIpc) is 2.39. The summed E-state index contributed by atoms with van der Waals surface area (Å²) in [5.41, 5.74) is 1.83. The summed E-state index contributed by atoms with van der Waals surface area (Å²) in [5.74, 6) is 2.15. The molecule has 1 heterocycles. The SMILES string of the molecule is CC.COc1cc2nc(C)nc(C)c2cc1OC. The number of rotatable bonds is 2. The molecule has 0 amide bonds. The second-order valence-electron chi connectivity index (χ2n) is 3.58. The number of fused-ring (bicyclic) bond motifs is 1. The van der Waals surface area contributed by atoms with Crippen LogP contribution in [0, 0.1) is 13.8 Å². The fraction of sp³-hybridized carbons (Fsp3) is 0.429. The van der Waals surface area contributed by atoms with Gasteiger partial charge in [-0.25, -0.2) is 9.97 Å². The van der Waals surface area contributed by atoms with Crippen LogP contribution in [-0.2, 0) is 0 Å². The third-order valence-corrected chi connectivity index (χ3v) is 2.50. The van der Waals surface area contributed by atoms with Gasteiger partial charge >= 0.3 is 0 Å². The molecule has 0 saturated carbocycles. The van der Waals surface area contributed by atoms with Gasteiger partial charge in [-0.1, -0.05) is 13.8 Å². The molecule has 98 valence electrons. The monoisotopic (exact) mass is 248 g/mol. The van der Waals surface area contributed by atoms with Crippen molar-refractivity contribution in [1.29, 1.82) is 0 Å². The zero-order chi connectivity index (χ0) is 13.7. The van der Waals surface area contributed by atoms with Gasteiger partial charge in [-0.15, -0.1) is 0 Å². The lowest BCUT2D eigenvalue weighted by Crippen LogP contribution is -1.96. The molecule has 1 aromatic heterocycles. The van der Waals surface area contributed by atoms with Crippen LogP contribution in [0.3, 0.4) is 0 Å². The second kappa shape index (κ2) is 6.19. The Labute approximate surface area is 108 Å². The van der Waals surface area contributed by atoms with E-state index < -0.39 is 0 Å². The zero-order valence-corrected chi connectivity index (χ0v) is 11.9. The van der Waals surface area contributed by atoms with Gasteiger partial charge in [0.1, 0.15) is 5.82 Å².